The molecule has 2 aromatic heterocycles. The van der Waals surface area contributed by atoms with E-state index in [1.807, 2.05) is 48.7 Å². The molecule has 0 radical (unpaired) electrons. The summed E-state index contributed by atoms with van der Waals surface area (Å²) in [6.45, 7) is 4.42. The van der Waals surface area contributed by atoms with Gasteiger partial charge in [-0.1, -0.05) is 6.07 Å². The molecule has 3 aromatic rings. The van der Waals surface area contributed by atoms with Gasteiger partial charge in [-0.3, -0.25) is 9.78 Å². The number of methoxy groups -OCH3 is 1. The minimum Gasteiger partial charge on any atom is -0.375 e. The van der Waals surface area contributed by atoms with Crippen molar-refractivity contribution in [3.05, 3.63) is 77.4 Å². The van der Waals surface area contributed by atoms with Gasteiger partial charge in [0.1, 0.15) is 6.61 Å². The van der Waals surface area contributed by atoms with E-state index in [1.165, 1.54) is 36.9 Å². The zero-order valence-electron chi connectivity index (χ0n) is 19.6. The topological polar surface area (TPSA) is 71.4 Å². The van der Waals surface area contributed by atoms with E-state index in [0.717, 1.165) is 11.4 Å². The molecule has 1 aromatic carbocycles. The highest BCUT2D eigenvalue weighted by Crippen LogP contribution is 2.46. The number of ether oxygens (including phenoxy) is 1. The Balaban J connectivity index is 1.53. The number of benzene rings is 1. The first-order valence-corrected chi connectivity index (χ1v) is 12.0. The van der Waals surface area contributed by atoms with E-state index in [0.29, 0.717) is 16.8 Å². The Bertz CT molecular complexity index is 1200. The van der Waals surface area contributed by atoms with Gasteiger partial charge >= 0.3 is 0 Å². The number of amides is 1. The monoisotopic (exact) mass is 475 g/mol. The largest absolute Gasteiger partial charge is 0.375 e. The van der Waals surface area contributed by atoms with Crippen LogP contribution < -0.4 is 15.5 Å². The molecular weight excluding hydrogens is 446 g/mol. The van der Waals surface area contributed by atoms with Crippen LogP contribution in [0.1, 0.15) is 53.6 Å². The molecule has 34 heavy (non-hydrogen) atoms. The number of nitrogens with one attached hydrogen (secondary N) is 2. The fourth-order valence-electron chi connectivity index (χ4n) is 4.98. The third-order valence-corrected chi connectivity index (χ3v) is 6.87. The highest BCUT2D eigenvalue weighted by atomic mass is 32.1. The number of aryl methyl sites for hydroxylation is 1. The summed E-state index contributed by atoms with van der Waals surface area (Å²) in [4.78, 5) is 18.7. The first-order chi connectivity index (χ1) is 16.5. The van der Waals surface area contributed by atoms with Crippen molar-refractivity contribution in [2.45, 2.75) is 44.8 Å². The third-order valence-electron chi connectivity index (χ3n) is 6.56. The Hall–Kier alpha value is -3.23. The average molecular weight is 476 g/mol. The molecule has 1 aliphatic heterocycles. The summed E-state index contributed by atoms with van der Waals surface area (Å²) in [7, 11) is 1.50. The van der Waals surface area contributed by atoms with E-state index in [4.69, 9.17) is 17.0 Å². The lowest BCUT2D eigenvalue weighted by atomic mass is 9.96. The molecule has 1 amide bonds. The maximum absolute atomic E-state index is 11.9. The van der Waals surface area contributed by atoms with Gasteiger partial charge in [-0.15, -0.1) is 0 Å². The number of thiocarbonyl (C=S) groups is 1. The fourth-order valence-corrected chi connectivity index (χ4v) is 5.33. The zero-order valence-corrected chi connectivity index (χ0v) is 20.4. The summed E-state index contributed by atoms with van der Waals surface area (Å²) < 4.78 is 7.37. The number of hydrogen-bond donors (Lipinski definition) is 2. The van der Waals surface area contributed by atoms with Crippen molar-refractivity contribution < 1.29 is 9.53 Å². The molecule has 7 nitrogen and oxygen atoms in total. The standard InChI is InChI=1S/C26H29N5O2S/c1-16-14-21(17(2)30(16)19-11-12-19)25-24(22-6-4-5-13-27-22)29-26(34)31(25)20-9-7-18(8-10-20)28-23(32)15-33-3/h4-10,13-14,19,24-25H,11-12,15H2,1-3H3,(H,28,32)(H,29,34). The molecule has 2 aliphatic rings. The lowest BCUT2D eigenvalue weighted by Crippen LogP contribution is -2.29. The molecule has 2 N–H and O–H groups in total. The smallest absolute Gasteiger partial charge is 0.250 e. The third kappa shape index (κ3) is 4.19. The van der Waals surface area contributed by atoms with Crippen molar-refractivity contribution in [3.8, 4) is 0 Å². The van der Waals surface area contributed by atoms with Crippen LogP contribution in [0.25, 0.3) is 0 Å². The van der Waals surface area contributed by atoms with E-state index in [-0.39, 0.29) is 24.6 Å². The highest BCUT2D eigenvalue weighted by Gasteiger charge is 2.43. The molecule has 8 heteroatoms. The second kappa shape index (κ2) is 9.19. The molecule has 0 spiro atoms. The van der Waals surface area contributed by atoms with Gasteiger partial charge in [-0.2, -0.15) is 0 Å². The number of aromatic nitrogens is 2. The molecule has 1 saturated carbocycles. The maximum Gasteiger partial charge on any atom is 0.250 e. The number of pyridine rings is 1. The van der Waals surface area contributed by atoms with Crippen LogP contribution in [-0.4, -0.2) is 34.3 Å². The van der Waals surface area contributed by atoms with Crippen LogP contribution in [0.5, 0.6) is 0 Å². The Labute approximate surface area is 205 Å². The molecule has 5 rings (SSSR count). The first kappa shape index (κ1) is 22.6. The number of rotatable bonds is 7. The maximum atomic E-state index is 11.9. The van der Waals surface area contributed by atoms with Gasteiger partial charge in [-0.05, 0) is 86.9 Å². The quantitative estimate of drug-likeness (QED) is 0.487. The Morgan fingerprint density at radius 2 is 1.97 bits per heavy atom. The molecule has 3 heterocycles. The Kier molecular flexibility index (Phi) is 6.10. The number of anilines is 2. The number of carbonyl (C=O) groups excluding carboxylic acids is 1. The highest BCUT2D eigenvalue weighted by molar-refractivity contribution is 7.80. The van der Waals surface area contributed by atoms with E-state index >= 15 is 0 Å². The van der Waals surface area contributed by atoms with E-state index in [1.54, 1.807) is 0 Å². The fraction of sp³-hybridized carbons (Fsp3) is 0.346. The van der Waals surface area contributed by atoms with Gasteiger partial charge in [-0.25, -0.2) is 0 Å². The summed E-state index contributed by atoms with van der Waals surface area (Å²) in [5.41, 5.74) is 6.45. The molecule has 2 atom stereocenters. The normalized spacial score (nSPS) is 19.9. The minimum atomic E-state index is -0.186. The van der Waals surface area contributed by atoms with Gasteiger partial charge < -0.3 is 24.8 Å². The van der Waals surface area contributed by atoms with Crippen LogP contribution in [0.15, 0.2) is 54.7 Å². The van der Waals surface area contributed by atoms with E-state index in [2.05, 4.69) is 45.0 Å². The van der Waals surface area contributed by atoms with Crippen LogP contribution in [0.3, 0.4) is 0 Å². The average Bonchev–Trinajstić information content (AvgIpc) is 3.54. The van der Waals surface area contributed by atoms with Crippen molar-refractivity contribution in [1.82, 2.24) is 14.9 Å². The summed E-state index contributed by atoms with van der Waals surface area (Å²) in [6.07, 6.45) is 4.30. The number of nitrogens with zero attached hydrogens (tertiary/aromatic N) is 3. The summed E-state index contributed by atoms with van der Waals surface area (Å²) in [5.74, 6) is -0.186. The lowest BCUT2D eigenvalue weighted by molar-refractivity contribution is -0.119. The van der Waals surface area contributed by atoms with Gasteiger partial charge in [0.05, 0.1) is 17.8 Å². The molecule has 2 fully saturated rings. The number of hydrogen-bond acceptors (Lipinski definition) is 4. The second-order valence-electron chi connectivity index (χ2n) is 8.95. The predicted octanol–water partition coefficient (Wildman–Crippen LogP) is 4.60. The Morgan fingerprint density at radius 3 is 2.62 bits per heavy atom. The van der Waals surface area contributed by atoms with Crippen molar-refractivity contribution in [1.29, 1.82) is 0 Å². The molecule has 1 aliphatic carbocycles. The van der Waals surface area contributed by atoms with E-state index < -0.39 is 0 Å². The van der Waals surface area contributed by atoms with E-state index in [9.17, 15) is 4.79 Å². The van der Waals surface area contributed by atoms with Gasteiger partial charge in [0.2, 0.25) is 5.91 Å². The lowest BCUT2D eigenvalue weighted by Gasteiger charge is -2.28. The predicted molar refractivity (Wildman–Crippen MR) is 137 cm³/mol. The first-order valence-electron chi connectivity index (χ1n) is 11.6. The van der Waals surface area contributed by atoms with Crippen LogP contribution in [0, 0.1) is 13.8 Å². The van der Waals surface area contributed by atoms with Gasteiger partial charge in [0.15, 0.2) is 5.11 Å². The van der Waals surface area contributed by atoms with Crippen LogP contribution in [-0.2, 0) is 9.53 Å². The van der Waals surface area contributed by atoms with Crippen LogP contribution >= 0.6 is 12.2 Å². The molecular formula is C26H29N5O2S. The van der Waals surface area contributed by atoms with Crippen molar-refractivity contribution in [3.63, 3.8) is 0 Å². The zero-order chi connectivity index (χ0) is 23.8. The molecule has 0 bridgehead atoms. The summed E-state index contributed by atoms with van der Waals surface area (Å²) >= 11 is 5.85. The minimum absolute atomic E-state index is 0.0202. The SMILES string of the molecule is COCC(=O)Nc1ccc(N2C(=S)NC(c3ccccn3)C2c2cc(C)n(C3CC3)c2C)cc1. The molecule has 1 saturated heterocycles. The van der Waals surface area contributed by atoms with Crippen molar-refractivity contribution >= 4 is 34.6 Å². The van der Waals surface area contributed by atoms with Crippen LogP contribution in [0.2, 0.25) is 0 Å². The van der Waals surface area contributed by atoms with Gasteiger partial charge in [0, 0.05) is 42.1 Å². The molecule has 2 unspecified atom stereocenters. The van der Waals surface area contributed by atoms with Gasteiger partial charge in [0.25, 0.3) is 0 Å². The van der Waals surface area contributed by atoms with Crippen LogP contribution in [0.4, 0.5) is 11.4 Å². The molecule has 176 valence electrons. The van der Waals surface area contributed by atoms with Crippen molar-refractivity contribution in [2.75, 3.05) is 23.9 Å². The second-order valence-corrected chi connectivity index (χ2v) is 9.34. The van der Waals surface area contributed by atoms with Crippen molar-refractivity contribution in [2.24, 2.45) is 0 Å². The summed E-state index contributed by atoms with van der Waals surface area (Å²) in [5, 5.41) is 7.04. The summed E-state index contributed by atoms with van der Waals surface area (Å²) in [6, 6.07) is 16.5. The Morgan fingerprint density at radius 1 is 1.21 bits per heavy atom. The number of carbonyl (C=O) groups is 1.